The molecule has 1 amide bonds. The summed E-state index contributed by atoms with van der Waals surface area (Å²) >= 11 is 0. The molecule has 1 rings (SSSR count). The lowest BCUT2D eigenvalue weighted by atomic mass is 10.2. The largest absolute Gasteiger partial charge is 0.484 e. The molecule has 0 radical (unpaired) electrons. The number of nitrogens with one attached hydrogen (secondary N) is 1. The van der Waals surface area contributed by atoms with E-state index >= 15 is 0 Å². The number of methoxy groups -OCH3 is 1. The second kappa shape index (κ2) is 6.91. The van der Waals surface area contributed by atoms with Gasteiger partial charge in [0, 0.05) is 13.2 Å². The van der Waals surface area contributed by atoms with Crippen LogP contribution >= 0.6 is 0 Å². The molecular formula is C13H19NO3. The van der Waals surface area contributed by atoms with Crippen LogP contribution in [0.1, 0.15) is 12.5 Å². The molecule has 0 aromatic heterocycles. The summed E-state index contributed by atoms with van der Waals surface area (Å²) in [5, 5.41) is 2.78. The summed E-state index contributed by atoms with van der Waals surface area (Å²) in [6, 6.07) is 7.60. The number of aryl methyl sites for hydroxylation is 1. The highest BCUT2D eigenvalue weighted by Gasteiger charge is 2.07. The van der Waals surface area contributed by atoms with Gasteiger partial charge in [-0.05, 0) is 31.5 Å². The molecule has 1 aromatic carbocycles. The highest BCUT2D eigenvalue weighted by Crippen LogP contribution is 2.11. The molecule has 0 aliphatic carbocycles. The van der Waals surface area contributed by atoms with Crippen LogP contribution in [0.2, 0.25) is 0 Å². The third-order valence-corrected chi connectivity index (χ3v) is 2.18. The first-order valence-electron chi connectivity index (χ1n) is 5.59. The Kier molecular flexibility index (Phi) is 5.49. The number of rotatable bonds is 6. The maximum Gasteiger partial charge on any atom is 0.258 e. The van der Waals surface area contributed by atoms with Crippen LogP contribution in [0, 0.1) is 6.92 Å². The van der Waals surface area contributed by atoms with E-state index in [0.717, 1.165) is 5.56 Å². The van der Waals surface area contributed by atoms with Crippen molar-refractivity contribution < 1.29 is 14.3 Å². The first-order chi connectivity index (χ1) is 8.11. The fraction of sp³-hybridized carbons (Fsp3) is 0.462. The minimum absolute atomic E-state index is 0.00592. The number of carbonyl (C=O) groups excluding carboxylic acids is 1. The van der Waals surface area contributed by atoms with Crippen LogP contribution in [-0.2, 0) is 9.53 Å². The van der Waals surface area contributed by atoms with Gasteiger partial charge in [0.1, 0.15) is 5.75 Å². The van der Waals surface area contributed by atoms with E-state index < -0.39 is 0 Å². The Morgan fingerprint density at radius 2 is 2.24 bits per heavy atom. The minimum atomic E-state index is -0.143. The van der Waals surface area contributed by atoms with E-state index in [9.17, 15) is 4.79 Å². The summed E-state index contributed by atoms with van der Waals surface area (Å²) in [5.74, 6) is 0.565. The molecule has 0 heterocycles. The molecular weight excluding hydrogens is 218 g/mol. The van der Waals surface area contributed by atoms with E-state index in [1.807, 2.05) is 38.1 Å². The van der Waals surface area contributed by atoms with Crippen LogP contribution in [0.25, 0.3) is 0 Å². The summed E-state index contributed by atoms with van der Waals surface area (Å²) < 4.78 is 10.3. The monoisotopic (exact) mass is 237 g/mol. The Bertz CT molecular complexity index is 365. The second-order valence-electron chi connectivity index (χ2n) is 4.03. The van der Waals surface area contributed by atoms with E-state index in [2.05, 4.69) is 5.32 Å². The summed E-state index contributed by atoms with van der Waals surface area (Å²) in [5.41, 5.74) is 1.11. The van der Waals surface area contributed by atoms with Crippen molar-refractivity contribution in [2.75, 3.05) is 20.3 Å². The number of hydrogen-bond acceptors (Lipinski definition) is 3. The Morgan fingerprint density at radius 1 is 1.47 bits per heavy atom. The Balaban J connectivity index is 2.33. The predicted octanol–water partition coefficient (Wildman–Crippen LogP) is 1.52. The summed E-state index contributed by atoms with van der Waals surface area (Å²) in [6.07, 6.45) is 0. The number of benzene rings is 1. The van der Waals surface area contributed by atoms with Crippen molar-refractivity contribution in [2.24, 2.45) is 0 Å². The van der Waals surface area contributed by atoms with Gasteiger partial charge in [-0.2, -0.15) is 0 Å². The van der Waals surface area contributed by atoms with Gasteiger partial charge >= 0.3 is 0 Å². The summed E-state index contributed by atoms with van der Waals surface area (Å²) in [6.45, 7) is 4.38. The maximum atomic E-state index is 11.5. The second-order valence-corrected chi connectivity index (χ2v) is 4.03. The molecule has 0 saturated heterocycles. The third-order valence-electron chi connectivity index (χ3n) is 2.18. The van der Waals surface area contributed by atoms with Crippen LogP contribution in [0.4, 0.5) is 0 Å². The number of hydrogen-bond donors (Lipinski definition) is 1. The SMILES string of the molecule is COCC(C)NC(=O)COc1cccc(C)c1. The van der Waals surface area contributed by atoms with Gasteiger partial charge in [-0.15, -0.1) is 0 Å². The molecule has 4 nitrogen and oxygen atoms in total. The average Bonchev–Trinajstić information content (AvgIpc) is 2.27. The van der Waals surface area contributed by atoms with Gasteiger partial charge in [0.15, 0.2) is 6.61 Å². The van der Waals surface area contributed by atoms with Crippen molar-refractivity contribution in [1.29, 1.82) is 0 Å². The lowest BCUT2D eigenvalue weighted by Gasteiger charge is -2.13. The normalized spacial score (nSPS) is 11.9. The molecule has 0 aliphatic rings. The van der Waals surface area contributed by atoms with Crippen molar-refractivity contribution in [3.8, 4) is 5.75 Å². The van der Waals surface area contributed by atoms with E-state index in [0.29, 0.717) is 12.4 Å². The smallest absolute Gasteiger partial charge is 0.258 e. The number of amides is 1. The van der Waals surface area contributed by atoms with Crippen molar-refractivity contribution in [3.63, 3.8) is 0 Å². The Labute approximate surface area is 102 Å². The third kappa shape index (κ3) is 5.36. The van der Waals surface area contributed by atoms with E-state index in [1.165, 1.54) is 0 Å². The highest BCUT2D eigenvalue weighted by atomic mass is 16.5. The van der Waals surface area contributed by atoms with E-state index in [4.69, 9.17) is 9.47 Å². The van der Waals surface area contributed by atoms with Gasteiger partial charge in [-0.1, -0.05) is 12.1 Å². The van der Waals surface area contributed by atoms with Gasteiger partial charge in [-0.3, -0.25) is 4.79 Å². The number of ether oxygens (including phenoxy) is 2. The Hall–Kier alpha value is -1.55. The van der Waals surface area contributed by atoms with Crippen LogP contribution in [0.5, 0.6) is 5.75 Å². The van der Waals surface area contributed by atoms with E-state index in [-0.39, 0.29) is 18.6 Å². The van der Waals surface area contributed by atoms with Crippen LogP contribution in [0.15, 0.2) is 24.3 Å². The van der Waals surface area contributed by atoms with Gasteiger partial charge in [0.2, 0.25) is 0 Å². The molecule has 1 atom stereocenters. The molecule has 1 unspecified atom stereocenters. The van der Waals surface area contributed by atoms with E-state index in [1.54, 1.807) is 7.11 Å². The summed E-state index contributed by atoms with van der Waals surface area (Å²) in [4.78, 5) is 11.5. The quantitative estimate of drug-likeness (QED) is 0.816. The first-order valence-corrected chi connectivity index (χ1v) is 5.59. The zero-order valence-electron chi connectivity index (χ0n) is 10.5. The fourth-order valence-corrected chi connectivity index (χ4v) is 1.46. The van der Waals surface area contributed by atoms with Gasteiger partial charge in [0.05, 0.1) is 6.61 Å². The molecule has 0 saturated carbocycles. The molecule has 4 heteroatoms. The highest BCUT2D eigenvalue weighted by molar-refractivity contribution is 5.77. The van der Waals surface area contributed by atoms with Gasteiger partial charge in [0.25, 0.3) is 5.91 Å². The molecule has 1 aromatic rings. The first kappa shape index (κ1) is 13.5. The zero-order valence-corrected chi connectivity index (χ0v) is 10.5. The van der Waals surface area contributed by atoms with Crippen molar-refractivity contribution in [3.05, 3.63) is 29.8 Å². The van der Waals surface area contributed by atoms with Crippen LogP contribution in [-0.4, -0.2) is 32.3 Å². The van der Waals surface area contributed by atoms with Crippen LogP contribution < -0.4 is 10.1 Å². The molecule has 1 N–H and O–H groups in total. The number of carbonyl (C=O) groups is 1. The molecule has 0 spiro atoms. The van der Waals surface area contributed by atoms with Crippen LogP contribution in [0.3, 0.4) is 0 Å². The standard InChI is InChI=1S/C13H19NO3/c1-10-5-4-6-12(7-10)17-9-13(15)14-11(2)8-16-3/h4-7,11H,8-9H2,1-3H3,(H,14,15). The summed E-state index contributed by atoms with van der Waals surface area (Å²) in [7, 11) is 1.60. The molecule has 94 valence electrons. The Morgan fingerprint density at radius 3 is 2.88 bits per heavy atom. The van der Waals surface area contributed by atoms with Gasteiger partial charge < -0.3 is 14.8 Å². The molecule has 0 bridgehead atoms. The topological polar surface area (TPSA) is 47.6 Å². The lowest BCUT2D eigenvalue weighted by Crippen LogP contribution is -2.38. The van der Waals surface area contributed by atoms with Crippen molar-refractivity contribution in [1.82, 2.24) is 5.32 Å². The average molecular weight is 237 g/mol. The maximum absolute atomic E-state index is 11.5. The lowest BCUT2D eigenvalue weighted by molar-refractivity contribution is -0.124. The predicted molar refractivity (Wildman–Crippen MR) is 66.2 cm³/mol. The molecule has 0 fully saturated rings. The van der Waals surface area contributed by atoms with Crippen molar-refractivity contribution >= 4 is 5.91 Å². The fourth-order valence-electron chi connectivity index (χ4n) is 1.46. The zero-order chi connectivity index (χ0) is 12.7. The van der Waals surface area contributed by atoms with Crippen molar-refractivity contribution in [2.45, 2.75) is 19.9 Å². The molecule has 17 heavy (non-hydrogen) atoms. The minimum Gasteiger partial charge on any atom is -0.484 e. The molecule has 0 aliphatic heterocycles. The van der Waals surface area contributed by atoms with Gasteiger partial charge in [-0.25, -0.2) is 0 Å².